The van der Waals surface area contributed by atoms with Gasteiger partial charge in [0.05, 0.1) is 0 Å². The van der Waals surface area contributed by atoms with Crippen molar-refractivity contribution in [3.8, 4) is 5.95 Å². The zero-order valence-electron chi connectivity index (χ0n) is 11.4. The van der Waals surface area contributed by atoms with E-state index in [-0.39, 0.29) is 17.8 Å². The summed E-state index contributed by atoms with van der Waals surface area (Å²) in [6.07, 6.45) is 6.92. The van der Waals surface area contributed by atoms with E-state index in [0.29, 0.717) is 25.0 Å². The molecule has 110 valence electrons. The van der Waals surface area contributed by atoms with E-state index in [1.54, 1.807) is 23.3 Å². The van der Waals surface area contributed by atoms with Gasteiger partial charge in [0.15, 0.2) is 0 Å². The average molecular weight is 288 g/mol. The lowest BCUT2D eigenvalue weighted by Crippen LogP contribution is -2.30. The molecule has 1 amide bonds. The van der Waals surface area contributed by atoms with Gasteiger partial charge in [0, 0.05) is 31.4 Å². The lowest BCUT2D eigenvalue weighted by Gasteiger charge is -2.08. The number of carbonyl (C=O) groups is 1. The van der Waals surface area contributed by atoms with Crippen LogP contribution in [0, 0.1) is 5.92 Å². The minimum atomic E-state index is 0.117. The number of hydrogen-bond acceptors (Lipinski definition) is 7. The quantitative estimate of drug-likeness (QED) is 0.616. The summed E-state index contributed by atoms with van der Waals surface area (Å²) < 4.78 is 1.64. The third-order valence-corrected chi connectivity index (χ3v) is 3.03. The highest BCUT2D eigenvalue weighted by atomic mass is 16.2. The summed E-state index contributed by atoms with van der Waals surface area (Å²) in [4.78, 5) is 27.7. The fourth-order valence-electron chi connectivity index (χ4n) is 1.80. The Morgan fingerprint density at radius 1 is 1.33 bits per heavy atom. The first-order chi connectivity index (χ1) is 10.2. The van der Waals surface area contributed by atoms with Crippen LogP contribution in [-0.4, -0.2) is 43.5 Å². The van der Waals surface area contributed by atoms with Gasteiger partial charge in [0.2, 0.25) is 23.8 Å². The Morgan fingerprint density at radius 2 is 2.19 bits per heavy atom. The van der Waals surface area contributed by atoms with Crippen molar-refractivity contribution in [3.05, 3.63) is 18.7 Å². The molecule has 3 rings (SSSR count). The molecule has 2 aromatic heterocycles. The van der Waals surface area contributed by atoms with Crippen LogP contribution in [0.2, 0.25) is 0 Å². The van der Waals surface area contributed by atoms with Crippen LogP contribution in [0.25, 0.3) is 5.95 Å². The first kappa shape index (κ1) is 13.3. The van der Waals surface area contributed by atoms with E-state index in [0.717, 1.165) is 12.8 Å². The molecule has 0 atom stereocenters. The van der Waals surface area contributed by atoms with Gasteiger partial charge in [-0.15, -0.1) is 0 Å². The molecular formula is C12H16N8O. The first-order valence-electron chi connectivity index (χ1n) is 6.74. The Hall–Kier alpha value is -2.71. The van der Waals surface area contributed by atoms with Gasteiger partial charge in [0.1, 0.15) is 6.33 Å². The number of nitrogens with two attached hydrogens (primary N) is 1. The van der Waals surface area contributed by atoms with E-state index < -0.39 is 0 Å². The average Bonchev–Trinajstić information content (AvgIpc) is 3.17. The number of nitrogens with one attached hydrogen (secondary N) is 2. The van der Waals surface area contributed by atoms with Crippen molar-refractivity contribution in [3.63, 3.8) is 0 Å². The van der Waals surface area contributed by atoms with Crippen LogP contribution in [0.4, 0.5) is 11.9 Å². The Labute approximate surface area is 121 Å². The van der Waals surface area contributed by atoms with Crippen LogP contribution in [-0.2, 0) is 4.79 Å². The van der Waals surface area contributed by atoms with Gasteiger partial charge in [-0.3, -0.25) is 9.36 Å². The standard InChI is InChI=1S/C12H16N8O/c13-10-17-11(16-4-3-15-9(21)8-1-2-8)19-12(18-10)20-6-5-14-7-20/h5-8H,1-4H2,(H,15,21)(H3,13,16,17,18,19). The number of carbonyl (C=O) groups excluding carboxylic acids is 1. The van der Waals surface area contributed by atoms with E-state index in [1.807, 2.05) is 0 Å². The summed E-state index contributed by atoms with van der Waals surface area (Å²) in [5.41, 5.74) is 5.66. The minimum absolute atomic E-state index is 0.117. The summed E-state index contributed by atoms with van der Waals surface area (Å²) in [5.74, 6) is 1.21. The molecule has 0 aliphatic heterocycles. The maximum atomic E-state index is 11.5. The fraction of sp³-hybridized carbons (Fsp3) is 0.417. The molecule has 9 heteroatoms. The molecule has 1 aliphatic carbocycles. The van der Waals surface area contributed by atoms with Crippen molar-refractivity contribution in [2.45, 2.75) is 12.8 Å². The summed E-state index contributed by atoms with van der Waals surface area (Å²) in [6, 6.07) is 0. The zero-order chi connectivity index (χ0) is 14.7. The SMILES string of the molecule is Nc1nc(NCCNC(=O)C2CC2)nc(-n2ccnc2)n1. The topological polar surface area (TPSA) is 124 Å². The highest BCUT2D eigenvalue weighted by Crippen LogP contribution is 2.28. The van der Waals surface area contributed by atoms with E-state index >= 15 is 0 Å². The second kappa shape index (κ2) is 5.73. The molecule has 1 saturated carbocycles. The molecule has 1 fully saturated rings. The van der Waals surface area contributed by atoms with Crippen molar-refractivity contribution in [2.75, 3.05) is 24.1 Å². The molecule has 9 nitrogen and oxygen atoms in total. The Morgan fingerprint density at radius 3 is 2.90 bits per heavy atom. The maximum Gasteiger partial charge on any atom is 0.241 e. The zero-order valence-corrected chi connectivity index (χ0v) is 11.4. The van der Waals surface area contributed by atoms with Crippen LogP contribution < -0.4 is 16.4 Å². The fourth-order valence-corrected chi connectivity index (χ4v) is 1.80. The molecule has 2 aromatic rings. The number of imidazole rings is 1. The van der Waals surface area contributed by atoms with Crippen molar-refractivity contribution < 1.29 is 4.79 Å². The van der Waals surface area contributed by atoms with Gasteiger partial charge in [-0.2, -0.15) is 15.0 Å². The molecule has 0 bridgehead atoms. The maximum absolute atomic E-state index is 11.5. The van der Waals surface area contributed by atoms with Crippen LogP contribution in [0.5, 0.6) is 0 Å². The van der Waals surface area contributed by atoms with Crippen LogP contribution >= 0.6 is 0 Å². The van der Waals surface area contributed by atoms with Gasteiger partial charge in [-0.25, -0.2) is 4.98 Å². The lowest BCUT2D eigenvalue weighted by atomic mass is 10.4. The number of amides is 1. The first-order valence-corrected chi connectivity index (χ1v) is 6.74. The number of rotatable bonds is 6. The van der Waals surface area contributed by atoms with E-state index in [1.165, 1.54) is 0 Å². The molecule has 2 heterocycles. The minimum Gasteiger partial charge on any atom is -0.368 e. The van der Waals surface area contributed by atoms with Crippen molar-refractivity contribution >= 4 is 17.8 Å². The highest BCUT2D eigenvalue weighted by molar-refractivity contribution is 5.80. The van der Waals surface area contributed by atoms with Gasteiger partial charge < -0.3 is 16.4 Å². The van der Waals surface area contributed by atoms with Gasteiger partial charge in [0.25, 0.3) is 0 Å². The van der Waals surface area contributed by atoms with E-state index in [4.69, 9.17) is 5.73 Å². The molecule has 0 saturated heterocycles. The van der Waals surface area contributed by atoms with Crippen molar-refractivity contribution in [1.82, 2.24) is 29.8 Å². The van der Waals surface area contributed by atoms with Crippen LogP contribution in [0.1, 0.15) is 12.8 Å². The molecule has 0 radical (unpaired) electrons. The third kappa shape index (κ3) is 3.44. The molecule has 21 heavy (non-hydrogen) atoms. The molecule has 0 aromatic carbocycles. The monoisotopic (exact) mass is 288 g/mol. The van der Waals surface area contributed by atoms with Gasteiger partial charge in [-0.05, 0) is 12.8 Å². The smallest absolute Gasteiger partial charge is 0.241 e. The Balaban J connectivity index is 1.56. The molecule has 0 spiro atoms. The second-order valence-electron chi connectivity index (χ2n) is 4.78. The summed E-state index contributed by atoms with van der Waals surface area (Å²) >= 11 is 0. The summed E-state index contributed by atoms with van der Waals surface area (Å²) in [5, 5.41) is 5.86. The number of anilines is 2. The van der Waals surface area contributed by atoms with Crippen LogP contribution in [0.3, 0.4) is 0 Å². The van der Waals surface area contributed by atoms with Gasteiger partial charge >= 0.3 is 0 Å². The predicted octanol–water partition coefficient (Wildman–Crippen LogP) is -0.422. The van der Waals surface area contributed by atoms with Crippen LogP contribution in [0.15, 0.2) is 18.7 Å². The number of hydrogen-bond donors (Lipinski definition) is 3. The molecule has 0 unspecified atom stereocenters. The second-order valence-corrected chi connectivity index (χ2v) is 4.78. The van der Waals surface area contributed by atoms with E-state index in [9.17, 15) is 4.79 Å². The number of nitrogen functional groups attached to an aromatic ring is 1. The Kier molecular flexibility index (Phi) is 3.63. The lowest BCUT2D eigenvalue weighted by molar-refractivity contribution is -0.122. The normalized spacial score (nSPS) is 13.9. The van der Waals surface area contributed by atoms with Gasteiger partial charge in [-0.1, -0.05) is 0 Å². The predicted molar refractivity (Wildman–Crippen MR) is 75.6 cm³/mol. The van der Waals surface area contributed by atoms with E-state index in [2.05, 4.69) is 30.6 Å². The largest absolute Gasteiger partial charge is 0.368 e. The third-order valence-electron chi connectivity index (χ3n) is 3.03. The van der Waals surface area contributed by atoms with Crippen molar-refractivity contribution in [2.24, 2.45) is 5.92 Å². The molecule has 1 aliphatic rings. The number of nitrogens with zero attached hydrogens (tertiary/aromatic N) is 5. The summed E-state index contributed by atoms with van der Waals surface area (Å²) in [6.45, 7) is 1.03. The number of aromatic nitrogens is 5. The Bertz CT molecular complexity index is 622. The molecule has 4 N–H and O–H groups in total. The van der Waals surface area contributed by atoms with Crippen molar-refractivity contribution in [1.29, 1.82) is 0 Å². The molecular weight excluding hydrogens is 272 g/mol. The highest BCUT2D eigenvalue weighted by Gasteiger charge is 2.28. The summed E-state index contributed by atoms with van der Waals surface area (Å²) in [7, 11) is 0.